The number of carbonyl (C=O) groups excluding carboxylic acids is 1. The van der Waals surface area contributed by atoms with E-state index in [9.17, 15) is 4.79 Å². The molecule has 1 saturated heterocycles. The molecule has 8 nitrogen and oxygen atoms in total. The standard InChI is InChI=1S/C22H33N7O/c1-15(2)20-24-21(27(5)6)26-22(25-20)29-12-10-28(11-13-29)14-18(30)23-19-16(3)8-7-9-17(19)4/h7-9,15H,10-14H2,1-6H3,(H,23,30). The Bertz CT molecular complexity index is 843. The lowest BCUT2D eigenvalue weighted by molar-refractivity contribution is -0.117. The molecule has 1 aromatic heterocycles. The molecule has 1 aliphatic rings. The molecule has 0 atom stereocenters. The second-order valence-corrected chi connectivity index (χ2v) is 8.42. The summed E-state index contributed by atoms with van der Waals surface area (Å²) in [6.07, 6.45) is 0. The minimum Gasteiger partial charge on any atom is -0.347 e. The molecule has 0 aliphatic carbocycles. The molecule has 1 amide bonds. The molecule has 30 heavy (non-hydrogen) atoms. The lowest BCUT2D eigenvalue weighted by atomic mass is 10.1. The zero-order chi connectivity index (χ0) is 21.8. The number of aryl methyl sites for hydroxylation is 2. The summed E-state index contributed by atoms with van der Waals surface area (Å²) in [5, 5.41) is 3.08. The first-order chi connectivity index (χ1) is 14.2. The van der Waals surface area contributed by atoms with Crippen molar-refractivity contribution < 1.29 is 4.79 Å². The van der Waals surface area contributed by atoms with Gasteiger partial charge in [-0.15, -0.1) is 0 Å². The highest BCUT2D eigenvalue weighted by molar-refractivity contribution is 5.93. The van der Waals surface area contributed by atoms with Crippen LogP contribution >= 0.6 is 0 Å². The van der Waals surface area contributed by atoms with E-state index in [1.807, 2.05) is 51.0 Å². The first kappa shape index (κ1) is 22.0. The SMILES string of the molecule is Cc1cccc(C)c1NC(=O)CN1CCN(c2nc(C(C)C)nc(N(C)C)n2)CC1. The second-order valence-electron chi connectivity index (χ2n) is 8.42. The Hall–Kier alpha value is -2.74. The Morgan fingerprint density at radius 2 is 1.70 bits per heavy atom. The van der Waals surface area contributed by atoms with Gasteiger partial charge in [0.1, 0.15) is 5.82 Å². The maximum atomic E-state index is 12.6. The van der Waals surface area contributed by atoms with Gasteiger partial charge in [0.25, 0.3) is 0 Å². The van der Waals surface area contributed by atoms with E-state index < -0.39 is 0 Å². The van der Waals surface area contributed by atoms with Crippen LogP contribution in [0.25, 0.3) is 0 Å². The fourth-order valence-electron chi connectivity index (χ4n) is 3.47. The van der Waals surface area contributed by atoms with E-state index in [1.165, 1.54) is 0 Å². The van der Waals surface area contributed by atoms with Crippen molar-refractivity contribution in [1.82, 2.24) is 19.9 Å². The number of aromatic nitrogens is 3. The van der Waals surface area contributed by atoms with E-state index in [-0.39, 0.29) is 11.8 Å². The molecule has 0 unspecified atom stereocenters. The molecule has 1 N–H and O–H groups in total. The zero-order valence-electron chi connectivity index (χ0n) is 18.9. The molecule has 162 valence electrons. The number of amides is 1. The van der Waals surface area contributed by atoms with Crippen LogP contribution in [0.5, 0.6) is 0 Å². The second kappa shape index (κ2) is 9.38. The monoisotopic (exact) mass is 411 g/mol. The molecule has 1 aromatic carbocycles. The van der Waals surface area contributed by atoms with Crippen LogP contribution < -0.4 is 15.1 Å². The summed E-state index contributed by atoms with van der Waals surface area (Å²) >= 11 is 0. The number of hydrogen-bond acceptors (Lipinski definition) is 7. The van der Waals surface area contributed by atoms with E-state index in [0.29, 0.717) is 12.5 Å². The number of piperazine rings is 1. The summed E-state index contributed by atoms with van der Waals surface area (Å²) in [6.45, 7) is 11.7. The van der Waals surface area contributed by atoms with E-state index >= 15 is 0 Å². The number of nitrogens with zero attached hydrogens (tertiary/aromatic N) is 6. The zero-order valence-corrected chi connectivity index (χ0v) is 18.9. The molecule has 2 aromatic rings. The number of hydrogen-bond donors (Lipinski definition) is 1. The van der Waals surface area contributed by atoms with Gasteiger partial charge < -0.3 is 15.1 Å². The van der Waals surface area contributed by atoms with Crippen molar-refractivity contribution in [2.75, 3.05) is 61.9 Å². The summed E-state index contributed by atoms with van der Waals surface area (Å²) in [4.78, 5) is 32.7. The third-order valence-electron chi connectivity index (χ3n) is 5.31. The molecule has 0 bridgehead atoms. The highest BCUT2D eigenvalue weighted by Gasteiger charge is 2.23. The average molecular weight is 412 g/mol. The van der Waals surface area contributed by atoms with Gasteiger partial charge >= 0.3 is 0 Å². The van der Waals surface area contributed by atoms with Crippen LogP contribution in [0.4, 0.5) is 17.6 Å². The van der Waals surface area contributed by atoms with Crippen LogP contribution in [-0.2, 0) is 4.79 Å². The summed E-state index contributed by atoms with van der Waals surface area (Å²) in [6, 6.07) is 6.04. The van der Waals surface area contributed by atoms with Gasteiger partial charge in [-0.05, 0) is 25.0 Å². The molecule has 3 rings (SSSR count). The third-order valence-corrected chi connectivity index (χ3v) is 5.31. The first-order valence-corrected chi connectivity index (χ1v) is 10.5. The third kappa shape index (κ3) is 5.24. The van der Waals surface area contributed by atoms with Crippen molar-refractivity contribution in [3.8, 4) is 0 Å². The largest absolute Gasteiger partial charge is 0.347 e. The number of para-hydroxylation sites is 1. The van der Waals surface area contributed by atoms with Crippen LogP contribution in [0.3, 0.4) is 0 Å². The van der Waals surface area contributed by atoms with Gasteiger partial charge in [0.15, 0.2) is 0 Å². The first-order valence-electron chi connectivity index (χ1n) is 10.5. The smallest absolute Gasteiger partial charge is 0.238 e. The van der Waals surface area contributed by atoms with Crippen molar-refractivity contribution in [2.24, 2.45) is 0 Å². The van der Waals surface area contributed by atoms with Crippen LogP contribution in [0.15, 0.2) is 18.2 Å². The fourth-order valence-corrected chi connectivity index (χ4v) is 3.47. The van der Waals surface area contributed by atoms with E-state index in [2.05, 4.69) is 43.9 Å². The summed E-state index contributed by atoms with van der Waals surface area (Å²) < 4.78 is 0. The Morgan fingerprint density at radius 3 is 2.27 bits per heavy atom. The highest BCUT2D eigenvalue weighted by Crippen LogP contribution is 2.20. The predicted octanol–water partition coefficient (Wildman–Crippen LogP) is 2.44. The van der Waals surface area contributed by atoms with Crippen molar-refractivity contribution in [1.29, 1.82) is 0 Å². The van der Waals surface area contributed by atoms with Crippen molar-refractivity contribution in [3.63, 3.8) is 0 Å². The van der Waals surface area contributed by atoms with Gasteiger partial charge in [-0.1, -0.05) is 32.0 Å². The Labute approximate surface area is 179 Å². The van der Waals surface area contributed by atoms with Crippen LogP contribution in [-0.4, -0.2) is 72.6 Å². The van der Waals surface area contributed by atoms with Crippen LogP contribution in [0.1, 0.15) is 36.7 Å². The van der Waals surface area contributed by atoms with Gasteiger partial charge in [0.2, 0.25) is 17.8 Å². The molecule has 0 radical (unpaired) electrons. The van der Waals surface area contributed by atoms with Gasteiger partial charge in [-0.25, -0.2) is 0 Å². The molecule has 8 heteroatoms. The number of carbonyl (C=O) groups is 1. The fraction of sp³-hybridized carbons (Fsp3) is 0.545. The molecular weight excluding hydrogens is 378 g/mol. The quantitative estimate of drug-likeness (QED) is 0.782. The van der Waals surface area contributed by atoms with Gasteiger partial charge in [-0.2, -0.15) is 15.0 Å². The van der Waals surface area contributed by atoms with Crippen molar-refractivity contribution in [2.45, 2.75) is 33.6 Å². The molecule has 1 fully saturated rings. The normalized spacial score (nSPS) is 14.8. The van der Waals surface area contributed by atoms with Gasteiger partial charge in [0.05, 0.1) is 6.54 Å². The van der Waals surface area contributed by atoms with Crippen LogP contribution in [0.2, 0.25) is 0 Å². The van der Waals surface area contributed by atoms with E-state index in [0.717, 1.165) is 54.8 Å². The lowest BCUT2D eigenvalue weighted by Crippen LogP contribution is -2.49. The molecule has 0 saturated carbocycles. The van der Waals surface area contributed by atoms with Crippen molar-refractivity contribution >= 4 is 23.5 Å². The highest BCUT2D eigenvalue weighted by atomic mass is 16.2. The average Bonchev–Trinajstić information content (AvgIpc) is 2.71. The Morgan fingerprint density at radius 1 is 1.07 bits per heavy atom. The van der Waals surface area contributed by atoms with Gasteiger partial charge in [0, 0.05) is 51.9 Å². The van der Waals surface area contributed by atoms with E-state index in [1.54, 1.807) is 0 Å². The number of rotatable bonds is 6. The Balaban J connectivity index is 1.60. The minimum atomic E-state index is 0.0259. The predicted molar refractivity (Wildman–Crippen MR) is 121 cm³/mol. The number of nitrogens with one attached hydrogen (secondary N) is 1. The molecular formula is C22H33N7O. The number of anilines is 3. The summed E-state index contributed by atoms with van der Waals surface area (Å²) in [5.41, 5.74) is 3.09. The topological polar surface area (TPSA) is 77.5 Å². The molecule has 1 aliphatic heterocycles. The van der Waals surface area contributed by atoms with Gasteiger partial charge in [-0.3, -0.25) is 9.69 Å². The summed E-state index contributed by atoms with van der Waals surface area (Å²) in [5.74, 6) is 2.47. The van der Waals surface area contributed by atoms with Crippen molar-refractivity contribution in [3.05, 3.63) is 35.2 Å². The minimum absolute atomic E-state index is 0.0259. The van der Waals surface area contributed by atoms with Crippen LogP contribution in [0, 0.1) is 13.8 Å². The maximum Gasteiger partial charge on any atom is 0.238 e. The molecule has 0 spiro atoms. The van der Waals surface area contributed by atoms with E-state index in [4.69, 9.17) is 0 Å². The lowest BCUT2D eigenvalue weighted by Gasteiger charge is -2.34. The maximum absolute atomic E-state index is 12.6. The number of benzene rings is 1. The Kier molecular flexibility index (Phi) is 6.87. The molecule has 2 heterocycles. The summed E-state index contributed by atoms with van der Waals surface area (Å²) in [7, 11) is 3.88.